The lowest BCUT2D eigenvalue weighted by atomic mass is 9.95. The maximum absolute atomic E-state index is 14.6. The number of hydrogen-bond acceptors (Lipinski definition) is 16. The minimum Gasteiger partial charge on any atom is -0.483 e. The van der Waals surface area contributed by atoms with Gasteiger partial charge in [-0.25, -0.2) is 16.4 Å². The topological polar surface area (TPSA) is 306 Å². The van der Waals surface area contributed by atoms with Crippen LogP contribution in [0, 0.1) is 0 Å². The van der Waals surface area contributed by atoms with E-state index in [-0.39, 0.29) is 73.8 Å². The van der Waals surface area contributed by atoms with Gasteiger partial charge in [0.1, 0.15) is 19.8 Å². The number of carbonyl (C=O) groups is 3. The van der Waals surface area contributed by atoms with Crippen molar-refractivity contribution in [3.8, 4) is 17.2 Å². The number of aliphatic hydroxyl groups excluding tert-OH is 3. The zero-order valence-electron chi connectivity index (χ0n) is 39.5. The predicted molar refractivity (Wildman–Crippen MR) is 260 cm³/mol. The minimum absolute atomic E-state index is 0.102. The van der Waals surface area contributed by atoms with Crippen LogP contribution >= 0.6 is 0 Å². The van der Waals surface area contributed by atoms with Crippen molar-refractivity contribution in [1.29, 1.82) is 0 Å². The zero-order chi connectivity index (χ0) is 52.3. The highest BCUT2D eigenvalue weighted by Gasteiger charge is 2.45. The molecule has 3 atom stereocenters. The van der Waals surface area contributed by atoms with Crippen LogP contribution in [-0.4, -0.2) is 105 Å². The maximum atomic E-state index is 14.6. The lowest BCUT2D eigenvalue weighted by Gasteiger charge is -2.41. The number of pyridine rings is 3. The monoisotopic (exact) mass is 1010 g/mol. The highest BCUT2D eigenvalue weighted by Crippen LogP contribution is 2.29. The van der Waals surface area contributed by atoms with Gasteiger partial charge < -0.3 is 43.2 Å². The van der Waals surface area contributed by atoms with Gasteiger partial charge >= 0.3 is 0 Å². The smallest absolute Gasteiger partial charge is 0.261 e. The number of benzene rings is 3. The number of amides is 3. The Balaban J connectivity index is 1.63. The Hall–Kier alpha value is -7.96. The van der Waals surface area contributed by atoms with Crippen molar-refractivity contribution < 1.29 is 59.5 Å². The lowest BCUT2D eigenvalue weighted by Crippen LogP contribution is -2.64. The summed E-state index contributed by atoms with van der Waals surface area (Å²) in [5.41, 5.74) is 4.19. The maximum Gasteiger partial charge on any atom is 0.261 e. The molecule has 73 heavy (non-hydrogen) atoms. The summed E-state index contributed by atoms with van der Waals surface area (Å²) in [5, 5.41) is 62.6. The summed E-state index contributed by atoms with van der Waals surface area (Å²) in [7, 11) is 0. The van der Waals surface area contributed by atoms with E-state index < -0.39 is 91.2 Å². The van der Waals surface area contributed by atoms with Crippen LogP contribution in [-0.2, 0) is 73.1 Å². The summed E-state index contributed by atoms with van der Waals surface area (Å²) in [5.74, 6) is -5.03. The van der Waals surface area contributed by atoms with Gasteiger partial charge in [0.15, 0.2) is 17.2 Å². The molecule has 0 aliphatic rings. The molecule has 22 nitrogen and oxygen atoms in total. The van der Waals surface area contributed by atoms with Gasteiger partial charge in [0.2, 0.25) is 16.3 Å². The zero-order valence-corrected chi connectivity index (χ0v) is 39.5. The molecule has 6 aromatic rings. The first-order valence-corrected chi connectivity index (χ1v) is 23.1. The van der Waals surface area contributed by atoms with E-state index in [4.69, 9.17) is 14.2 Å². The second kappa shape index (κ2) is 27.0. The van der Waals surface area contributed by atoms with Crippen molar-refractivity contribution in [2.24, 2.45) is 0 Å². The SMILES string of the molecule is O=C(NO)C(Cc1c(OCc2ccccc2)c(=O)ccn1CCO)N(C(Cc1c(OCc2ccccc2)c(=O)ccn1CCO)C(=O)NO)C(Cc1c(OCc2ccccc2)c(=O)ccn1CCO)C(=O)NO. The summed E-state index contributed by atoms with van der Waals surface area (Å²) in [6.07, 6.45) is 1.67. The lowest BCUT2D eigenvalue weighted by molar-refractivity contribution is -0.149. The average molecular weight is 1010 g/mol. The molecule has 6 rings (SSSR count). The van der Waals surface area contributed by atoms with Gasteiger partial charge in [0.25, 0.3) is 17.7 Å². The molecule has 0 saturated heterocycles. The normalized spacial score (nSPS) is 12.4. The Labute approximate surface area is 417 Å². The molecule has 0 bridgehead atoms. The van der Waals surface area contributed by atoms with Crippen molar-refractivity contribution >= 4 is 17.7 Å². The summed E-state index contributed by atoms with van der Waals surface area (Å²) in [6.45, 7) is -2.68. The summed E-state index contributed by atoms with van der Waals surface area (Å²) in [4.78, 5) is 86.3. The van der Waals surface area contributed by atoms with Crippen molar-refractivity contribution in [2.75, 3.05) is 19.8 Å². The van der Waals surface area contributed by atoms with Crippen LogP contribution < -0.4 is 46.9 Å². The van der Waals surface area contributed by atoms with Gasteiger partial charge in [-0.15, -0.1) is 0 Å². The Morgan fingerprint density at radius 2 is 0.699 bits per heavy atom. The third-order valence-corrected chi connectivity index (χ3v) is 11.9. The number of hydrogen-bond donors (Lipinski definition) is 9. The molecule has 22 heteroatoms. The van der Waals surface area contributed by atoms with Crippen LogP contribution in [0.5, 0.6) is 17.2 Å². The standard InChI is InChI=1S/C51H57N7O15/c59-25-22-55-19-16-43(62)46(71-31-34-10-4-1-5-11-34)37(55)28-40(49(65)52-68)58(41(50(66)53-69)29-38-47(44(63)17-20-56(38)23-26-60)72-32-35-12-6-2-7-13-35)42(51(67)54-70)30-39-48(45(64)18-21-57(39)24-27-61)73-33-36-14-8-3-9-15-36/h1-21,40-42,59-61,68-70H,22-33H2,(H,52,65)(H,53,66)(H,54,67). The van der Waals surface area contributed by atoms with Gasteiger partial charge in [-0.3, -0.25) is 49.3 Å². The fraction of sp³-hybridized carbons (Fsp3) is 0.294. The van der Waals surface area contributed by atoms with Gasteiger partial charge in [-0.2, -0.15) is 0 Å². The largest absolute Gasteiger partial charge is 0.483 e. The molecule has 3 aromatic heterocycles. The molecule has 0 fully saturated rings. The fourth-order valence-corrected chi connectivity index (χ4v) is 8.45. The Morgan fingerprint density at radius 3 is 0.932 bits per heavy atom. The van der Waals surface area contributed by atoms with Crippen LogP contribution in [0.1, 0.15) is 33.8 Å². The molecule has 0 saturated carbocycles. The van der Waals surface area contributed by atoms with Crippen LogP contribution in [0.25, 0.3) is 0 Å². The van der Waals surface area contributed by atoms with Gasteiger partial charge in [-0.1, -0.05) is 91.0 Å². The van der Waals surface area contributed by atoms with Crippen LogP contribution in [0.2, 0.25) is 0 Å². The molecule has 0 radical (unpaired) electrons. The minimum atomic E-state index is -2.05. The average Bonchev–Trinajstić information content (AvgIpc) is 3.41. The van der Waals surface area contributed by atoms with Crippen LogP contribution in [0.4, 0.5) is 0 Å². The summed E-state index contributed by atoms with van der Waals surface area (Å²) >= 11 is 0. The molecular formula is C51H57N7O15. The third kappa shape index (κ3) is 13.9. The molecule has 3 aromatic carbocycles. The highest BCUT2D eigenvalue weighted by atomic mass is 16.5. The Kier molecular flexibility index (Phi) is 20.1. The molecule has 0 aliphatic heterocycles. The van der Waals surface area contributed by atoms with E-state index in [1.165, 1.54) is 32.3 Å². The highest BCUT2D eigenvalue weighted by molar-refractivity contribution is 5.88. The van der Waals surface area contributed by atoms with Gasteiger partial charge in [-0.05, 0) is 16.7 Å². The molecule has 9 N–H and O–H groups in total. The number of nitrogens with one attached hydrogen (secondary N) is 3. The number of carbonyl (C=O) groups excluding carboxylic acids is 3. The first-order chi connectivity index (χ1) is 35.5. The predicted octanol–water partition coefficient (Wildman–Crippen LogP) is 0.838. The molecule has 3 unspecified atom stereocenters. The first kappa shape index (κ1) is 54.4. The molecule has 3 heterocycles. The number of aliphatic hydroxyl groups is 3. The molecule has 0 aliphatic carbocycles. The first-order valence-electron chi connectivity index (χ1n) is 23.1. The Bertz CT molecular complexity index is 2640. The van der Waals surface area contributed by atoms with Crippen LogP contribution in [0.15, 0.2) is 142 Å². The quantitative estimate of drug-likeness (QED) is 0.0255. The van der Waals surface area contributed by atoms with Crippen molar-refractivity contribution in [3.63, 3.8) is 0 Å². The van der Waals surface area contributed by atoms with E-state index in [9.17, 15) is 59.7 Å². The number of hydroxylamine groups is 3. The Morgan fingerprint density at radius 1 is 0.438 bits per heavy atom. The van der Waals surface area contributed by atoms with E-state index in [2.05, 4.69) is 0 Å². The number of nitrogens with zero attached hydrogens (tertiary/aromatic N) is 4. The van der Waals surface area contributed by atoms with Crippen molar-refractivity contribution in [3.05, 3.63) is 192 Å². The third-order valence-electron chi connectivity index (χ3n) is 11.9. The van der Waals surface area contributed by atoms with Crippen molar-refractivity contribution in [2.45, 2.75) is 76.8 Å². The molecular weight excluding hydrogens is 951 g/mol. The van der Waals surface area contributed by atoms with Crippen LogP contribution in [0.3, 0.4) is 0 Å². The number of aromatic nitrogens is 3. The fourth-order valence-electron chi connectivity index (χ4n) is 8.45. The van der Waals surface area contributed by atoms with E-state index in [1.807, 2.05) is 0 Å². The second-order valence-corrected chi connectivity index (χ2v) is 16.5. The second-order valence-electron chi connectivity index (χ2n) is 16.5. The van der Waals surface area contributed by atoms with E-state index in [1.54, 1.807) is 107 Å². The molecule has 0 spiro atoms. The molecule has 386 valence electrons. The van der Waals surface area contributed by atoms with E-state index in [0.29, 0.717) is 16.7 Å². The van der Waals surface area contributed by atoms with Gasteiger partial charge in [0.05, 0.1) is 55.0 Å². The van der Waals surface area contributed by atoms with E-state index >= 15 is 0 Å². The summed E-state index contributed by atoms with van der Waals surface area (Å²) < 4.78 is 22.5. The molecule has 3 amide bonds. The van der Waals surface area contributed by atoms with Crippen molar-refractivity contribution in [1.82, 2.24) is 35.0 Å². The summed E-state index contributed by atoms with van der Waals surface area (Å²) in [6, 6.07) is 23.4. The van der Waals surface area contributed by atoms with Gasteiger partial charge in [0, 0.05) is 75.7 Å². The van der Waals surface area contributed by atoms with E-state index in [0.717, 1.165) is 23.1 Å². The number of ether oxygens (including phenoxy) is 3. The number of rotatable bonds is 27.